The Balaban J connectivity index is 3.53. The van der Waals surface area contributed by atoms with Crippen molar-refractivity contribution in [2.24, 2.45) is 0 Å². The summed E-state index contributed by atoms with van der Waals surface area (Å²) in [6.07, 6.45) is 0.839. The van der Waals surface area contributed by atoms with Crippen LogP contribution in [0.2, 0.25) is 0 Å². The van der Waals surface area contributed by atoms with Crippen LogP contribution in [0, 0.1) is 11.3 Å². The molecule has 1 aromatic carbocycles. The van der Waals surface area contributed by atoms with E-state index in [2.05, 4.69) is 0 Å². The topological polar surface area (TPSA) is 78.2 Å². The van der Waals surface area contributed by atoms with Crippen LogP contribution in [0.25, 0.3) is 0 Å². The second-order valence-electron chi connectivity index (χ2n) is 2.34. The maximum atomic E-state index is 10.5. The summed E-state index contributed by atoms with van der Waals surface area (Å²) in [6.45, 7) is 0. The van der Waals surface area contributed by atoms with Crippen molar-refractivity contribution in [3.05, 3.63) is 28.8 Å². The second-order valence-corrected chi connectivity index (χ2v) is 2.34. The number of rotatable bonds is 2. The number of aromatic hydroxyl groups is 1. The lowest BCUT2D eigenvalue weighted by Gasteiger charge is -2.00. The molecular formula is C9H5NO3. The van der Waals surface area contributed by atoms with E-state index in [9.17, 15) is 9.59 Å². The number of phenolic OH excluding ortho intramolecular Hbond substituents is 1. The van der Waals surface area contributed by atoms with Gasteiger partial charge in [-0.1, -0.05) is 0 Å². The molecule has 0 saturated heterocycles. The summed E-state index contributed by atoms with van der Waals surface area (Å²) < 4.78 is 0. The van der Waals surface area contributed by atoms with Gasteiger partial charge in [-0.3, -0.25) is 9.59 Å². The number of hydrogen-bond acceptors (Lipinski definition) is 4. The number of phenols is 1. The van der Waals surface area contributed by atoms with E-state index in [4.69, 9.17) is 10.4 Å². The van der Waals surface area contributed by atoms with Crippen LogP contribution in [0.4, 0.5) is 0 Å². The first-order valence-electron chi connectivity index (χ1n) is 3.40. The third-order valence-corrected chi connectivity index (χ3v) is 1.56. The zero-order chi connectivity index (χ0) is 9.84. The predicted molar refractivity (Wildman–Crippen MR) is 43.6 cm³/mol. The standard InChI is InChI=1S/C9H5NO3/c10-3-6-1-8(13)2-7(4-11)9(6)5-12/h1-2,4-5,13H. The van der Waals surface area contributed by atoms with Gasteiger partial charge >= 0.3 is 0 Å². The fourth-order valence-electron chi connectivity index (χ4n) is 0.981. The molecule has 0 spiro atoms. The Bertz CT molecular complexity index is 404. The lowest BCUT2D eigenvalue weighted by molar-refractivity contribution is 0.109. The minimum atomic E-state index is -0.204. The van der Waals surface area contributed by atoms with Crippen molar-refractivity contribution in [3.63, 3.8) is 0 Å². The van der Waals surface area contributed by atoms with Crippen molar-refractivity contribution < 1.29 is 14.7 Å². The fourth-order valence-corrected chi connectivity index (χ4v) is 0.981. The summed E-state index contributed by atoms with van der Waals surface area (Å²) in [5, 5.41) is 17.6. The van der Waals surface area contributed by atoms with Crippen LogP contribution in [0.15, 0.2) is 12.1 Å². The Morgan fingerprint density at radius 2 is 2.00 bits per heavy atom. The highest BCUT2D eigenvalue weighted by Crippen LogP contribution is 2.18. The first-order chi connectivity index (χ1) is 6.22. The molecule has 0 aliphatic heterocycles. The zero-order valence-electron chi connectivity index (χ0n) is 6.52. The molecule has 0 radical (unpaired) electrons. The van der Waals surface area contributed by atoms with Crippen LogP contribution >= 0.6 is 0 Å². The Labute approximate surface area is 74.0 Å². The minimum Gasteiger partial charge on any atom is -0.508 e. The maximum absolute atomic E-state index is 10.5. The molecule has 4 heteroatoms. The molecule has 0 bridgehead atoms. The van der Waals surface area contributed by atoms with Gasteiger partial charge in [0.1, 0.15) is 11.8 Å². The molecule has 4 nitrogen and oxygen atoms in total. The van der Waals surface area contributed by atoms with E-state index >= 15 is 0 Å². The summed E-state index contributed by atoms with van der Waals surface area (Å²) in [5.41, 5.74) is 0.0268. The molecule has 1 N–H and O–H groups in total. The van der Waals surface area contributed by atoms with E-state index in [1.807, 2.05) is 0 Å². The van der Waals surface area contributed by atoms with E-state index in [-0.39, 0.29) is 22.4 Å². The summed E-state index contributed by atoms with van der Waals surface area (Å²) >= 11 is 0. The lowest BCUT2D eigenvalue weighted by atomic mass is 10.0. The van der Waals surface area contributed by atoms with Crippen LogP contribution < -0.4 is 0 Å². The molecule has 0 fully saturated rings. The van der Waals surface area contributed by atoms with Crippen molar-refractivity contribution in [2.75, 3.05) is 0 Å². The largest absolute Gasteiger partial charge is 0.508 e. The Morgan fingerprint density at radius 1 is 1.31 bits per heavy atom. The third-order valence-electron chi connectivity index (χ3n) is 1.56. The van der Waals surface area contributed by atoms with Gasteiger partial charge in [0, 0.05) is 11.1 Å². The van der Waals surface area contributed by atoms with Crippen molar-refractivity contribution in [3.8, 4) is 11.8 Å². The first-order valence-corrected chi connectivity index (χ1v) is 3.40. The van der Waals surface area contributed by atoms with Crippen LogP contribution in [0.3, 0.4) is 0 Å². The van der Waals surface area contributed by atoms with Crippen LogP contribution in [0.5, 0.6) is 5.75 Å². The van der Waals surface area contributed by atoms with Gasteiger partial charge in [0.2, 0.25) is 0 Å². The van der Waals surface area contributed by atoms with E-state index in [0.29, 0.717) is 12.6 Å². The Kier molecular flexibility index (Phi) is 2.41. The van der Waals surface area contributed by atoms with E-state index in [0.717, 1.165) is 12.1 Å². The van der Waals surface area contributed by atoms with Gasteiger partial charge in [0.15, 0.2) is 12.6 Å². The number of nitrogens with zero attached hydrogens (tertiary/aromatic N) is 1. The molecule has 0 aliphatic carbocycles. The van der Waals surface area contributed by atoms with Crippen molar-refractivity contribution in [1.82, 2.24) is 0 Å². The number of carbonyl (C=O) groups excluding carboxylic acids is 2. The second kappa shape index (κ2) is 3.50. The fraction of sp³-hybridized carbons (Fsp3) is 0. The summed E-state index contributed by atoms with van der Waals surface area (Å²) in [7, 11) is 0. The van der Waals surface area contributed by atoms with Gasteiger partial charge < -0.3 is 5.11 Å². The van der Waals surface area contributed by atoms with Crippen LogP contribution in [0.1, 0.15) is 26.3 Å². The third kappa shape index (κ3) is 1.54. The molecule has 1 rings (SSSR count). The quantitative estimate of drug-likeness (QED) is 0.677. The van der Waals surface area contributed by atoms with Gasteiger partial charge in [-0.25, -0.2) is 0 Å². The molecule has 0 aromatic heterocycles. The van der Waals surface area contributed by atoms with Gasteiger partial charge in [-0.05, 0) is 12.1 Å². The van der Waals surface area contributed by atoms with Crippen LogP contribution in [-0.4, -0.2) is 17.7 Å². The molecule has 1 aromatic rings. The lowest BCUT2D eigenvalue weighted by Crippen LogP contribution is -1.94. The Hall–Kier alpha value is -2.15. The number of carbonyl (C=O) groups is 2. The Morgan fingerprint density at radius 3 is 2.46 bits per heavy atom. The van der Waals surface area contributed by atoms with E-state index < -0.39 is 0 Å². The normalized spacial score (nSPS) is 8.85. The predicted octanol–water partition coefficient (Wildman–Crippen LogP) is 0.889. The smallest absolute Gasteiger partial charge is 0.152 e. The summed E-state index contributed by atoms with van der Waals surface area (Å²) in [5.74, 6) is -0.204. The number of benzene rings is 1. The van der Waals surface area contributed by atoms with Gasteiger partial charge in [-0.15, -0.1) is 0 Å². The van der Waals surface area contributed by atoms with E-state index in [1.165, 1.54) is 0 Å². The highest BCUT2D eigenvalue weighted by molar-refractivity contribution is 5.93. The van der Waals surface area contributed by atoms with Gasteiger partial charge in [-0.2, -0.15) is 5.26 Å². The van der Waals surface area contributed by atoms with Crippen molar-refractivity contribution in [1.29, 1.82) is 5.26 Å². The summed E-state index contributed by atoms with van der Waals surface area (Å²) in [6, 6.07) is 3.98. The van der Waals surface area contributed by atoms with Gasteiger partial charge in [0.05, 0.1) is 5.56 Å². The van der Waals surface area contributed by atoms with Gasteiger partial charge in [0.25, 0.3) is 0 Å². The zero-order valence-corrected chi connectivity index (χ0v) is 6.52. The van der Waals surface area contributed by atoms with Crippen molar-refractivity contribution >= 4 is 12.6 Å². The molecule has 0 heterocycles. The average molecular weight is 175 g/mol. The average Bonchev–Trinajstić information content (AvgIpc) is 2.16. The minimum absolute atomic E-state index is 0.00269. The number of aldehydes is 2. The molecule has 13 heavy (non-hydrogen) atoms. The molecule has 64 valence electrons. The first kappa shape index (κ1) is 8.94. The molecule has 0 unspecified atom stereocenters. The summed E-state index contributed by atoms with van der Waals surface area (Å²) in [4.78, 5) is 20.9. The SMILES string of the molecule is N#Cc1cc(O)cc(C=O)c1C=O. The molecule has 0 aliphatic rings. The molecule has 0 saturated carbocycles. The molecule has 0 amide bonds. The number of nitriles is 1. The van der Waals surface area contributed by atoms with E-state index in [1.54, 1.807) is 6.07 Å². The highest BCUT2D eigenvalue weighted by atomic mass is 16.3. The molecular weight excluding hydrogens is 170 g/mol. The maximum Gasteiger partial charge on any atom is 0.152 e. The highest BCUT2D eigenvalue weighted by Gasteiger charge is 2.08. The number of hydrogen-bond donors (Lipinski definition) is 1. The van der Waals surface area contributed by atoms with Crippen LogP contribution in [-0.2, 0) is 0 Å². The van der Waals surface area contributed by atoms with Crippen molar-refractivity contribution in [2.45, 2.75) is 0 Å². The molecule has 0 atom stereocenters. The monoisotopic (exact) mass is 175 g/mol.